The molecule has 0 heterocycles. The fourth-order valence-electron chi connectivity index (χ4n) is 2.68. The lowest BCUT2D eigenvalue weighted by Gasteiger charge is -2.24. The molecule has 1 amide bonds. The van der Waals surface area contributed by atoms with Crippen LogP contribution in [0.3, 0.4) is 0 Å². The molecule has 27 heavy (non-hydrogen) atoms. The van der Waals surface area contributed by atoms with Gasteiger partial charge in [0.15, 0.2) is 11.5 Å². The largest absolute Gasteiger partial charge is 0.493 e. The molecule has 0 aromatic heterocycles. The Labute approximate surface area is 160 Å². The quantitative estimate of drug-likeness (QED) is 0.783. The molecule has 0 unspecified atom stereocenters. The number of nitrogens with zero attached hydrogens (tertiary/aromatic N) is 1. The summed E-state index contributed by atoms with van der Waals surface area (Å²) in [5, 5.41) is 2.79. The van der Waals surface area contributed by atoms with Gasteiger partial charge < -0.3 is 14.8 Å². The number of amides is 1. The van der Waals surface area contributed by atoms with Crippen molar-refractivity contribution in [2.24, 2.45) is 0 Å². The molecule has 7 nitrogen and oxygen atoms in total. The van der Waals surface area contributed by atoms with Gasteiger partial charge in [0.1, 0.15) is 0 Å². The minimum Gasteiger partial charge on any atom is -0.493 e. The van der Waals surface area contributed by atoms with E-state index in [9.17, 15) is 13.2 Å². The fraction of sp³-hybridized carbons (Fsp3) is 0.316. The highest BCUT2D eigenvalue weighted by Crippen LogP contribution is 2.36. The lowest BCUT2D eigenvalue weighted by atomic mass is 10.1. The van der Waals surface area contributed by atoms with E-state index in [-0.39, 0.29) is 17.8 Å². The van der Waals surface area contributed by atoms with Crippen molar-refractivity contribution in [1.29, 1.82) is 0 Å². The van der Waals surface area contributed by atoms with Crippen molar-refractivity contribution in [3.05, 3.63) is 47.5 Å². The number of carbonyl (C=O) groups excluding carboxylic acids is 1. The number of hydrogen-bond acceptors (Lipinski definition) is 5. The van der Waals surface area contributed by atoms with Crippen molar-refractivity contribution >= 4 is 27.3 Å². The van der Waals surface area contributed by atoms with E-state index < -0.39 is 15.9 Å². The van der Waals surface area contributed by atoms with Gasteiger partial charge in [0.25, 0.3) is 5.91 Å². The van der Waals surface area contributed by atoms with Crippen molar-refractivity contribution in [2.75, 3.05) is 36.6 Å². The van der Waals surface area contributed by atoms with E-state index in [1.54, 1.807) is 19.1 Å². The number of ether oxygens (including phenoxy) is 2. The molecule has 8 heteroatoms. The van der Waals surface area contributed by atoms with Gasteiger partial charge in [-0.15, -0.1) is 0 Å². The first-order chi connectivity index (χ1) is 12.7. The van der Waals surface area contributed by atoms with Crippen LogP contribution in [0.5, 0.6) is 11.5 Å². The van der Waals surface area contributed by atoms with Gasteiger partial charge in [-0.1, -0.05) is 17.7 Å². The summed E-state index contributed by atoms with van der Waals surface area (Å²) < 4.78 is 36.1. The summed E-state index contributed by atoms with van der Waals surface area (Å²) in [5.74, 6) is 0.221. The van der Waals surface area contributed by atoms with Crippen LogP contribution in [0.15, 0.2) is 36.4 Å². The topological polar surface area (TPSA) is 84.9 Å². The zero-order valence-electron chi connectivity index (χ0n) is 16.1. The molecule has 2 aromatic rings. The van der Waals surface area contributed by atoms with Crippen LogP contribution in [0.1, 0.15) is 22.8 Å². The molecular formula is C19H24N2O5S. The van der Waals surface area contributed by atoms with Crippen LogP contribution in [0.2, 0.25) is 0 Å². The second-order valence-electron chi connectivity index (χ2n) is 5.97. The lowest BCUT2D eigenvalue weighted by molar-refractivity contribution is 0.102. The molecule has 146 valence electrons. The van der Waals surface area contributed by atoms with Gasteiger partial charge in [0, 0.05) is 18.3 Å². The van der Waals surface area contributed by atoms with E-state index in [2.05, 4.69) is 5.32 Å². The standard InChI is InChI=1S/C19H24N2O5S/c1-6-21(27(5,23)24)16-12-18(26-4)17(25-3)11-15(16)19(22)20-14-9-7-13(2)8-10-14/h7-12H,6H2,1-5H3,(H,20,22). The number of hydrogen-bond donors (Lipinski definition) is 1. The molecule has 2 aromatic carbocycles. The Morgan fingerprint density at radius 3 is 2.11 bits per heavy atom. The van der Waals surface area contributed by atoms with Crippen molar-refractivity contribution in [1.82, 2.24) is 0 Å². The average Bonchev–Trinajstić information content (AvgIpc) is 2.62. The monoisotopic (exact) mass is 392 g/mol. The lowest BCUT2D eigenvalue weighted by Crippen LogP contribution is -2.31. The SMILES string of the molecule is CCN(c1cc(OC)c(OC)cc1C(=O)Nc1ccc(C)cc1)S(C)(=O)=O. The van der Waals surface area contributed by atoms with Crippen LogP contribution in [-0.4, -0.2) is 41.3 Å². The first kappa shape index (κ1) is 20.6. The molecule has 0 saturated heterocycles. The van der Waals surface area contributed by atoms with E-state index in [1.807, 2.05) is 19.1 Å². The van der Waals surface area contributed by atoms with E-state index in [0.717, 1.165) is 16.1 Å². The normalized spacial score (nSPS) is 11.0. The molecule has 0 aliphatic carbocycles. The third kappa shape index (κ3) is 4.71. The van der Waals surface area contributed by atoms with Crippen molar-refractivity contribution in [2.45, 2.75) is 13.8 Å². The van der Waals surface area contributed by atoms with Crippen molar-refractivity contribution < 1.29 is 22.7 Å². The number of aryl methyl sites for hydroxylation is 1. The second-order valence-corrected chi connectivity index (χ2v) is 7.88. The molecule has 0 aliphatic heterocycles. The predicted molar refractivity (Wildman–Crippen MR) is 107 cm³/mol. The summed E-state index contributed by atoms with van der Waals surface area (Å²) >= 11 is 0. The maximum atomic E-state index is 12.9. The molecular weight excluding hydrogens is 368 g/mol. The highest BCUT2D eigenvalue weighted by molar-refractivity contribution is 7.92. The third-order valence-electron chi connectivity index (χ3n) is 4.01. The number of anilines is 2. The number of sulfonamides is 1. The van der Waals surface area contributed by atoms with Crippen LogP contribution >= 0.6 is 0 Å². The molecule has 0 saturated carbocycles. The Balaban J connectivity index is 2.57. The molecule has 1 N–H and O–H groups in total. The van der Waals surface area contributed by atoms with Gasteiger partial charge in [-0.05, 0) is 32.0 Å². The number of rotatable bonds is 7. The summed E-state index contributed by atoms with van der Waals surface area (Å²) in [4.78, 5) is 12.9. The minimum absolute atomic E-state index is 0.166. The summed E-state index contributed by atoms with van der Waals surface area (Å²) in [7, 11) is -0.690. The molecule has 0 aliphatic rings. The fourth-order valence-corrected chi connectivity index (χ4v) is 3.65. The van der Waals surface area contributed by atoms with Crippen molar-refractivity contribution in [3.63, 3.8) is 0 Å². The molecule has 0 bridgehead atoms. The summed E-state index contributed by atoms with van der Waals surface area (Å²) in [6.07, 6.45) is 1.09. The average molecular weight is 392 g/mol. The Hall–Kier alpha value is -2.74. The maximum Gasteiger partial charge on any atom is 0.257 e. The van der Waals surface area contributed by atoms with Crippen LogP contribution in [-0.2, 0) is 10.0 Å². The first-order valence-electron chi connectivity index (χ1n) is 8.33. The van der Waals surface area contributed by atoms with Gasteiger partial charge in [0.05, 0.1) is 31.7 Å². The highest BCUT2D eigenvalue weighted by Gasteiger charge is 2.25. The van der Waals surface area contributed by atoms with Crippen LogP contribution in [0, 0.1) is 6.92 Å². The smallest absolute Gasteiger partial charge is 0.257 e. The zero-order chi connectivity index (χ0) is 20.2. The minimum atomic E-state index is -3.59. The second kappa shape index (κ2) is 8.30. The van der Waals surface area contributed by atoms with Gasteiger partial charge in [0.2, 0.25) is 10.0 Å². The Bertz CT molecular complexity index is 924. The van der Waals surface area contributed by atoms with E-state index >= 15 is 0 Å². The van der Waals surface area contributed by atoms with Gasteiger partial charge in [-0.3, -0.25) is 9.10 Å². The Kier molecular flexibility index (Phi) is 6.32. The van der Waals surface area contributed by atoms with Gasteiger partial charge in [-0.2, -0.15) is 0 Å². The third-order valence-corrected chi connectivity index (χ3v) is 5.27. The van der Waals surface area contributed by atoms with Crippen LogP contribution in [0.4, 0.5) is 11.4 Å². The summed E-state index contributed by atoms with van der Waals surface area (Å²) in [6, 6.07) is 10.3. The Morgan fingerprint density at radius 1 is 1.07 bits per heavy atom. The van der Waals surface area contributed by atoms with Crippen molar-refractivity contribution in [3.8, 4) is 11.5 Å². The number of methoxy groups -OCH3 is 2. The molecule has 0 fully saturated rings. The molecule has 2 rings (SSSR count). The van der Waals surface area contributed by atoms with Gasteiger partial charge in [-0.25, -0.2) is 8.42 Å². The van der Waals surface area contributed by atoms with Gasteiger partial charge >= 0.3 is 0 Å². The summed E-state index contributed by atoms with van der Waals surface area (Å²) in [6.45, 7) is 3.81. The highest BCUT2D eigenvalue weighted by atomic mass is 32.2. The number of nitrogens with one attached hydrogen (secondary N) is 1. The Morgan fingerprint density at radius 2 is 1.63 bits per heavy atom. The molecule has 0 spiro atoms. The van der Waals surface area contributed by atoms with E-state index in [0.29, 0.717) is 17.2 Å². The number of carbonyl (C=O) groups is 1. The predicted octanol–water partition coefficient (Wildman–Crippen LogP) is 3.05. The van der Waals surface area contributed by atoms with E-state index in [4.69, 9.17) is 9.47 Å². The zero-order valence-corrected chi connectivity index (χ0v) is 16.9. The van der Waals surface area contributed by atoms with E-state index in [1.165, 1.54) is 26.4 Å². The first-order valence-corrected chi connectivity index (χ1v) is 10.2. The van der Waals surface area contributed by atoms with Crippen LogP contribution in [0.25, 0.3) is 0 Å². The maximum absolute atomic E-state index is 12.9. The summed E-state index contributed by atoms with van der Waals surface area (Å²) in [5.41, 5.74) is 2.06. The van der Waals surface area contributed by atoms with Crippen LogP contribution < -0.4 is 19.1 Å². The number of benzene rings is 2. The molecule has 0 radical (unpaired) electrons. The molecule has 0 atom stereocenters.